The fraction of sp³-hybridized carbons (Fsp3) is 0.571. The van der Waals surface area contributed by atoms with Gasteiger partial charge in [0, 0.05) is 0 Å². The molecule has 1 aromatic rings. The summed E-state index contributed by atoms with van der Waals surface area (Å²) in [7, 11) is 0. The Morgan fingerprint density at radius 2 is 1.37 bits per heavy atom. The van der Waals surface area contributed by atoms with E-state index in [0.29, 0.717) is 32.4 Å². The second kappa shape index (κ2) is 9.18. The maximum absolute atomic E-state index is 6.05. The zero-order valence-electron chi connectivity index (χ0n) is 10.9. The molecule has 1 nitrogen and oxygen atoms in total. The summed E-state index contributed by atoms with van der Waals surface area (Å²) in [6.07, 6.45) is 7.17. The molecule has 0 heterocycles. The van der Waals surface area contributed by atoms with Gasteiger partial charge >= 0.3 is 0 Å². The predicted molar refractivity (Wildman–Crippen MR) is 85.4 cm³/mol. The summed E-state index contributed by atoms with van der Waals surface area (Å²) in [6.45, 7) is 2.78. The van der Waals surface area contributed by atoms with Crippen LogP contribution in [-0.2, 0) is 0 Å². The first kappa shape index (κ1) is 17.2. The Bertz CT molecular complexity index is 381. The Morgan fingerprint density at radius 3 is 1.95 bits per heavy atom. The monoisotopic (exact) mass is 342 g/mol. The molecule has 0 bridgehead atoms. The first-order valence-electron chi connectivity index (χ1n) is 6.53. The third-order valence-corrected chi connectivity index (χ3v) is 4.36. The Kier molecular flexibility index (Phi) is 8.32. The van der Waals surface area contributed by atoms with E-state index in [-0.39, 0.29) is 0 Å². The minimum atomic E-state index is 0.321. The van der Waals surface area contributed by atoms with Crippen LogP contribution in [0.5, 0.6) is 5.75 Å². The number of benzene rings is 1. The van der Waals surface area contributed by atoms with Crippen molar-refractivity contribution in [2.24, 2.45) is 0 Å². The molecule has 0 aliphatic carbocycles. The third kappa shape index (κ3) is 5.59. The van der Waals surface area contributed by atoms with Crippen molar-refractivity contribution in [1.29, 1.82) is 0 Å². The van der Waals surface area contributed by atoms with E-state index in [1.807, 2.05) is 0 Å². The van der Waals surface area contributed by atoms with Gasteiger partial charge in [-0.3, -0.25) is 0 Å². The smallest absolute Gasteiger partial charge is 0.159 e. The van der Waals surface area contributed by atoms with Crippen molar-refractivity contribution in [3.05, 3.63) is 26.2 Å². The van der Waals surface area contributed by atoms with E-state index < -0.39 is 0 Å². The van der Waals surface area contributed by atoms with Crippen molar-refractivity contribution >= 4 is 46.4 Å². The molecule has 0 fully saturated rings. The lowest BCUT2D eigenvalue weighted by molar-refractivity contribution is 0.305. The number of halogens is 4. The van der Waals surface area contributed by atoms with Crippen LogP contribution in [0.3, 0.4) is 0 Å². The van der Waals surface area contributed by atoms with Crippen molar-refractivity contribution in [2.45, 2.75) is 45.4 Å². The van der Waals surface area contributed by atoms with Crippen LogP contribution in [0.1, 0.15) is 45.4 Å². The van der Waals surface area contributed by atoms with E-state index in [2.05, 4.69) is 6.92 Å². The van der Waals surface area contributed by atoms with Gasteiger partial charge in [0.1, 0.15) is 10.0 Å². The van der Waals surface area contributed by atoms with Crippen LogP contribution in [-0.4, -0.2) is 6.61 Å². The van der Waals surface area contributed by atoms with Crippen LogP contribution >= 0.6 is 46.4 Å². The van der Waals surface area contributed by atoms with E-state index in [9.17, 15) is 0 Å². The first-order valence-corrected chi connectivity index (χ1v) is 8.05. The van der Waals surface area contributed by atoms with E-state index in [1.165, 1.54) is 31.7 Å². The maximum Gasteiger partial charge on any atom is 0.159 e. The molecule has 0 aliphatic heterocycles. The number of hydrogen-bond donors (Lipinski definition) is 0. The summed E-state index contributed by atoms with van der Waals surface area (Å²) in [5, 5.41) is 1.35. The molecule has 0 atom stereocenters. The molecule has 0 radical (unpaired) electrons. The highest BCUT2D eigenvalue weighted by Gasteiger charge is 2.15. The van der Waals surface area contributed by atoms with Crippen LogP contribution in [0.15, 0.2) is 6.07 Å². The zero-order valence-corrected chi connectivity index (χ0v) is 14.0. The van der Waals surface area contributed by atoms with E-state index >= 15 is 0 Å². The molecule has 19 heavy (non-hydrogen) atoms. The SMILES string of the molecule is CCCCCCCCOc1c(Cl)c(Cl)cc(Cl)c1Cl. The topological polar surface area (TPSA) is 9.23 Å². The largest absolute Gasteiger partial charge is 0.490 e. The molecular formula is C14H18Cl4O. The summed E-state index contributed by atoms with van der Waals surface area (Å²) in [5.41, 5.74) is 0. The van der Waals surface area contributed by atoms with Gasteiger partial charge in [-0.05, 0) is 12.5 Å². The van der Waals surface area contributed by atoms with E-state index in [1.54, 1.807) is 0 Å². The number of unbranched alkanes of at least 4 members (excludes halogenated alkanes) is 5. The van der Waals surface area contributed by atoms with Crippen LogP contribution in [0, 0.1) is 0 Å². The Hall–Kier alpha value is 0.180. The average Bonchev–Trinajstić information content (AvgIpc) is 2.39. The average molecular weight is 344 g/mol. The quantitative estimate of drug-likeness (QED) is 0.363. The van der Waals surface area contributed by atoms with E-state index in [4.69, 9.17) is 51.1 Å². The molecule has 108 valence electrons. The van der Waals surface area contributed by atoms with Gasteiger partial charge in [-0.15, -0.1) is 0 Å². The minimum Gasteiger partial charge on any atom is -0.490 e. The molecule has 0 saturated carbocycles. The summed E-state index contributed by atoms with van der Waals surface area (Å²) in [5.74, 6) is 0.384. The van der Waals surface area contributed by atoms with Crippen LogP contribution in [0.2, 0.25) is 20.1 Å². The Morgan fingerprint density at radius 1 is 0.842 bits per heavy atom. The fourth-order valence-corrected chi connectivity index (χ4v) is 2.64. The molecule has 0 amide bonds. The number of hydrogen-bond acceptors (Lipinski definition) is 1. The second-order valence-corrected chi connectivity index (χ2v) is 5.98. The molecule has 5 heteroatoms. The molecular weight excluding hydrogens is 326 g/mol. The van der Waals surface area contributed by atoms with Gasteiger partial charge in [-0.2, -0.15) is 0 Å². The molecule has 0 aromatic heterocycles. The van der Waals surface area contributed by atoms with Crippen molar-refractivity contribution < 1.29 is 4.74 Å². The number of ether oxygens (including phenoxy) is 1. The Balaban J connectivity index is 2.41. The van der Waals surface area contributed by atoms with Crippen LogP contribution < -0.4 is 4.74 Å². The van der Waals surface area contributed by atoms with Crippen LogP contribution in [0.25, 0.3) is 0 Å². The molecule has 1 aromatic carbocycles. The Labute approximate surface area is 135 Å². The molecule has 0 saturated heterocycles. The standard InChI is InChI=1S/C14H18Cl4O/c1-2-3-4-5-6-7-8-19-14-12(17)10(15)9-11(16)13(14)18/h9H,2-8H2,1H3. The van der Waals surface area contributed by atoms with Gasteiger partial charge in [0.05, 0.1) is 16.7 Å². The summed E-state index contributed by atoms with van der Waals surface area (Å²) in [6, 6.07) is 1.52. The second-order valence-electron chi connectivity index (χ2n) is 4.41. The van der Waals surface area contributed by atoms with Crippen molar-refractivity contribution in [3.8, 4) is 5.75 Å². The minimum absolute atomic E-state index is 0.321. The third-order valence-electron chi connectivity index (χ3n) is 2.82. The summed E-state index contributed by atoms with van der Waals surface area (Å²) < 4.78 is 5.60. The molecule has 0 spiro atoms. The summed E-state index contributed by atoms with van der Waals surface area (Å²) in [4.78, 5) is 0. The van der Waals surface area contributed by atoms with Crippen molar-refractivity contribution in [3.63, 3.8) is 0 Å². The first-order chi connectivity index (χ1) is 9.07. The van der Waals surface area contributed by atoms with Crippen LogP contribution in [0.4, 0.5) is 0 Å². The van der Waals surface area contributed by atoms with Gasteiger partial charge in [0.2, 0.25) is 0 Å². The van der Waals surface area contributed by atoms with Crippen molar-refractivity contribution in [1.82, 2.24) is 0 Å². The number of rotatable bonds is 8. The molecule has 0 unspecified atom stereocenters. The van der Waals surface area contributed by atoms with Gasteiger partial charge in [-0.1, -0.05) is 85.4 Å². The fourth-order valence-electron chi connectivity index (χ4n) is 1.73. The predicted octanol–water partition coefficient (Wildman–Crippen LogP) is 7.04. The van der Waals surface area contributed by atoms with Crippen molar-refractivity contribution in [2.75, 3.05) is 6.61 Å². The normalized spacial score (nSPS) is 10.8. The lowest BCUT2D eigenvalue weighted by Crippen LogP contribution is -1.99. The van der Waals surface area contributed by atoms with Gasteiger partial charge in [-0.25, -0.2) is 0 Å². The molecule has 1 rings (SSSR count). The zero-order chi connectivity index (χ0) is 14.3. The molecule has 0 aliphatic rings. The van der Waals surface area contributed by atoms with Gasteiger partial charge < -0.3 is 4.74 Å². The van der Waals surface area contributed by atoms with E-state index in [0.717, 1.165) is 12.8 Å². The maximum atomic E-state index is 6.05. The lowest BCUT2D eigenvalue weighted by Gasteiger charge is -2.12. The summed E-state index contributed by atoms with van der Waals surface area (Å²) >= 11 is 24.0. The molecule has 0 N–H and O–H groups in total. The van der Waals surface area contributed by atoms with Gasteiger partial charge in [0.25, 0.3) is 0 Å². The highest BCUT2D eigenvalue weighted by atomic mass is 35.5. The highest BCUT2D eigenvalue weighted by Crippen LogP contribution is 2.42. The highest BCUT2D eigenvalue weighted by molar-refractivity contribution is 6.48. The lowest BCUT2D eigenvalue weighted by atomic mass is 10.1. The van der Waals surface area contributed by atoms with Gasteiger partial charge in [0.15, 0.2) is 5.75 Å².